The molecule has 0 spiro atoms. The molecule has 182 valence electrons. The van der Waals surface area contributed by atoms with Crippen molar-refractivity contribution in [2.45, 2.75) is 24.3 Å². The summed E-state index contributed by atoms with van der Waals surface area (Å²) in [7, 11) is -4.32. The van der Waals surface area contributed by atoms with E-state index in [0.717, 1.165) is 15.6 Å². The van der Waals surface area contributed by atoms with Crippen LogP contribution in [-0.4, -0.2) is 18.4 Å². The smallest absolute Gasteiger partial charge is 0.313 e. The molecule has 5 nitrogen and oxygen atoms in total. The highest BCUT2D eigenvalue weighted by molar-refractivity contribution is 7.90. The summed E-state index contributed by atoms with van der Waals surface area (Å²) >= 11 is 6.21. The van der Waals surface area contributed by atoms with Crippen LogP contribution in [0.1, 0.15) is 24.0 Å². The molecular formula is C28H21ClFNO4S. The summed E-state index contributed by atoms with van der Waals surface area (Å²) < 4.78 is 48.6. The quantitative estimate of drug-likeness (QED) is 0.234. The van der Waals surface area contributed by atoms with Gasteiger partial charge in [-0.15, -0.1) is 0 Å². The average Bonchev–Trinajstić information content (AvgIpc) is 3.21. The first-order valence-electron chi connectivity index (χ1n) is 11.2. The number of aromatic nitrogens is 1. The fraction of sp³-hybridized carbons (Fsp3) is 0.107. The molecule has 8 heteroatoms. The van der Waals surface area contributed by atoms with Crippen LogP contribution < -0.4 is 0 Å². The minimum absolute atomic E-state index is 0.132. The molecule has 1 heterocycles. The molecule has 0 aliphatic rings. The lowest BCUT2D eigenvalue weighted by atomic mass is 9.99. The molecule has 0 aliphatic carbocycles. The van der Waals surface area contributed by atoms with Gasteiger partial charge in [0.2, 0.25) is 0 Å². The molecule has 0 N–H and O–H groups in total. The van der Waals surface area contributed by atoms with Crippen LogP contribution in [0.5, 0.6) is 0 Å². The third-order valence-electron chi connectivity index (χ3n) is 6.14. The van der Waals surface area contributed by atoms with Crippen LogP contribution in [-0.2, 0) is 26.2 Å². The van der Waals surface area contributed by atoms with Gasteiger partial charge in [0.25, 0.3) is 10.0 Å². The normalized spacial score (nSPS) is 12.6. The summed E-state index contributed by atoms with van der Waals surface area (Å²) in [6.45, 7) is 1.83. The highest BCUT2D eigenvalue weighted by Crippen LogP contribution is 2.36. The third kappa shape index (κ3) is 4.25. The number of nitrogens with zero attached hydrogens (tertiary/aromatic N) is 1. The summed E-state index contributed by atoms with van der Waals surface area (Å²) in [5, 5.41) is 1.65. The Balaban J connectivity index is 1.62. The number of halogens is 2. The van der Waals surface area contributed by atoms with Gasteiger partial charge in [-0.05, 0) is 54.4 Å². The molecule has 0 amide bonds. The maximum Gasteiger partial charge on any atom is 0.313 e. The number of esters is 1. The topological polar surface area (TPSA) is 65.4 Å². The van der Waals surface area contributed by atoms with E-state index in [-0.39, 0.29) is 6.61 Å². The van der Waals surface area contributed by atoms with E-state index in [1.165, 1.54) is 18.2 Å². The molecule has 36 heavy (non-hydrogen) atoms. The lowest BCUT2D eigenvalue weighted by molar-refractivity contribution is -0.146. The first kappa shape index (κ1) is 24.0. The van der Waals surface area contributed by atoms with E-state index in [0.29, 0.717) is 32.4 Å². The van der Waals surface area contributed by atoms with Gasteiger partial charge in [-0.3, -0.25) is 4.79 Å². The Bertz CT molecular complexity index is 1710. The van der Waals surface area contributed by atoms with Crippen LogP contribution in [0.2, 0.25) is 5.02 Å². The average molecular weight is 522 g/mol. The van der Waals surface area contributed by atoms with Crippen molar-refractivity contribution in [1.82, 2.24) is 3.97 Å². The summed E-state index contributed by atoms with van der Waals surface area (Å²) in [6, 6.07) is 24.6. The number of fused-ring (bicyclic) bond motifs is 3. The standard InChI is InChI=1S/C28H21ClFNO4S/c1-18(28(32)35-17-19-7-3-2-4-8-19)20-11-13-22-23-16-21(29)12-14-25(23)31(26(22)15-20)36(33,34)27-10-6-5-9-24(27)30/h2-16,18H,17H2,1H3. The summed E-state index contributed by atoms with van der Waals surface area (Å²) in [5.74, 6) is -1.96. The van der Waals surface area contributed by atoms with Crippen molar-refractivity contribution in [1.29, 1.82) is 0 Å². The van der Waals surface area contributed by atoms with E-state index < -0.39 is 32.6 Å². The Hall–Kier alpha value is -3.68. The predicted octanol–water partition coefficient (Wildman–Crippen LogP) is 6.67. The van der Waals surface area contributed by atoms with Crippen LogP contribution in [0.4, 0.5) is 4.39 Å². The number of ether oxygens (including phenoxy) is 1. The Morgan fingerprint density at radius 3 is 2.39 bits per heavy atom. The zero-order valence-corrected chi connectivity index (χ0v) is 20.8. The minimum atomic E-state index is -4.32. The molecule has 1 unspecified atom stereocenters. The van der Waals surface area contributed by atoms with E-state index in [9.17, 15) is 17.6 Å². The summed E-state index contributed by atoms with van der Waals surface area (Å²) in [4.78, 5) is 12.4. The number of hydrogen-bond acceptors (Lipinski definition) is 4. The highest BCUT2D eigenvalue weighted by Gasteiger charge is 2.27. The van der Waals surface area contributed by atoms with Gasteiger partial charge in [0, 0.05) is 15.8 Å². The Morgan fingerprint density at radius 1 is 0.917 bits per heavy atom. The molecule has 1 aromatic heterocycles. The predicted molar refractivity (Wildman–Crippen MR) is 138 cm³/mol. The zero-order chi connectivity index (χ0) is 25.4. The van der Waals surface area contributed by atoms with Crippen molar-refractivity contribution < 1.29 is 22.3 Å². The van der Waals surface area contributed by atoms with Gasteiger partial charge >= 0.3 is 5.97 Å². The van der Waals surface area contributed by atoms with E-state index >= 15 is 0 Å². The maximum absolute atomic E-state index is 14.6. The molecule has 0 radical (unpaired) electrons. The molecule has 0 aliphatic heterocycles. The Kier molecular flexibility index (Phi) is 6.28. The van der Waals surface area contributed by atoms with Gasteiger partial charge in [0.15, 0.2) is 0 Å². The minimum Gasteiger partial charge on any atom is -0.460 e. The van der Waals surface area contributed by atoms with Crippen molar-refractivity contribution in [2.75, 3.05) is 0 Å². The molecule has 1 atom stereocenters. The number of hydrogen-bond donors (Lipinski definition) is 0. The second-order valence-corrected chi connectivity index (χ2v) is 10.6. The molecule has 5 rings (SSSR count). The monoisotopic (exact) mass is 521 g/mol. The molecule has 4 aromatic carbocycles. The SMILES string of the molecule is CC(C(=O)OCc1ccccc1)c1ccc2c3cc(Cl)ccc3n(S(=O)(=O)c3ccccc3F)c2c1. The fourth-order valence-corrected chi connectivity index (χ4v) is 6.01. The van der Waals surface area contributed by atoms with E-state index in [2.05, 4.69) is 0 Å². The third-order valence-corrected chi connectivity index (χ3v) is 8.14. The van der Waals surface area contributed by atoms with Crippen LogP contribution in [0.3, 0.4) is 0 Å². The van der Waals surface area contributed by atoms with Gasteiger partial charge < -0.3 is 4.74 Å². The molecule has 0 fully saturated rings. The molecule has 0 bridgehead atoms. The summed E-state index contributed by atoms with van der Waals surface area (Å²) in [5.41, 5.74) is 2.10. The number of carbonyl (C=O) groups is 1. The second kappa shape index (κ2) is 9.41. The van der Waals surface area contributed by atoms with Crippen LogP contribution >= 0.6 is 11.6 Å². The highest BCUT2D eigenvalue weighted by atomic mass is 35.5. The van der Waals surface area contributed by atoms with Crippen molar-refractivity contribution in [3.05, 3.63) is 113 Å². The van der Waals surface area contributed by atoms with Gasteiger partial charge in [-0.2, -0.15) is 0 Å². The lowest BCUT2D eigenvalue weighted by Crippen LogP contribution is -2.15. The lowest BCUT2D eigenvalue weighted by Gasteiger charge is -2.14. The van der Waals surface area contributed by atoms with E-state index in [1.54, 1.807) is 43.3 Å². The summed E-state index contributed by atoms with van der Waals surface area (Å²) in [6.07, 6.45) is 0. The Labute approximate surface area is 212 Å². The van der Waals surface area contributed by atoms with Gasteiger partial charge in [0.1, 0.15) is 17.3 Å². The zero-order valence-electron chi connectivity index (χ0n) is 19.2. The molecule has 5 aromatic rings. The first-order valence-corrected chi connectivity index (χ1v) is 13.0. The van der Waals surface area contributed by atoms with Gasteiger partial charge in [0.05, 0.1) is 17.0 Å². The van der Waals surface area contributed by atoms with Crippen molar-refractivity contribution >= 4 is 49.4 Å². The number of benzene rings is 4. The Morgan fingerprint density at radius 2 is 1.64 bits per heavy atom. The van der Waals surface area contributed by atoms with Gasteiger partial charge in [-0.1, -0.05) is 66.2 Å². The largest absolute Gasteiger partial charge is 0.460 e. The molecule has 0 saturated heterocycles. The van der Waals surface area contributed by atoms with Crippen molar-refractivity contribution in [3.63, 3.8) is 0 Å². The fourth-order valence-electron chi connectivity index (χ4n) is 4.25. The van der Waals surface area contributed by atoms with Crippen LogP contribution in [0, 0.1) is 5.82 Å². The number of rotatable bonds is 6. The van der Waals surface area contributed by atoms with Crippen molar-refractivity contribution in [3.8, 4) is 0 Å². The molecule has 0 saturated carbocycles. The van der Waals surface area contributed by atoms with Gasteiger partial charge in [-0.25, -0.2) is 16.8 Å². The van der Waals surface area contributed by atoms with Crippen LogP contribution in [0.25, 0.3) is 21.8 Å². The second-order valence-electron chi connectivity index (χ2n) is 8.45. The molecular weight excluding hydrogens is 501 g/mol. The van der Waals surface area contributed by atoms with Crippen LogP contribution in [0.15, 0.2) is 95.9 Å². The number of carbonyl (C=O) groups excluding carboxylic acids is 1. The van der Waals surface area contributed by atoms with Crippen molar-refractivity contribution in [2.24, 2.45) is 0 Å². The van der Waals surface area contributed by atoms with E-state index in [1.807, 2.05) is 30.3 Å². The van der Waals surface area contributed by atoms with E-state index in [4.69, 9.17) is 16.3 Å². The first-order chi connectivity index (χ1) is 17.3. The maximum atomic E-state index is 14.6.